The Morgan fingerprint density at radius 2 is 1.16 bits per heavy atom. The highest BCUT2D eigenvalue weighted by Gasteiger charge is 2.45. The highest BCUT2D eigenvalue weighted by molar-refractivity contribution is 5.78. The summed E-state index contributed by atoms with van der Waals surface area (Å²) in [6.45, 7) is 4.45. The van der Waals surface area contributed by atoms with Crippen LogP contribution in [0.2, 0.25) is 0 Å². The van der Waals surface area contributed by atoms with Gasteiger partial charge in [0.15, 0.2) is 0 Å². The van der Waals surface area contributed by atoms with Gasteiger partial charge in [0, 0.05) is 11.1 Å². The van der Waals surface area contributed by atoms with Gasteiger partial charge < -0.3 is 21.4 Å². The minimum atomic E-state index is -0.0499. The van der Waals surface area contributed by atoms with Crippen LogP contribution in [0.4, 0.5) is 0 Å². The van der Waals surface area contributed by atoms with E-state index in [2.05, 4.69) is 35.7 Å². The monoisotopic (exact) mass is 424 g/mol. The van der Waals surface area contributed by atoms with Crippen molar-refractivity contribution >= 4 is 22.1 Å². The Kier molecular flexibility index (Phi) is 4.08. The van der Waals surface area contributed by atoms with Crippen LogP contribution in [0.25, 0.3) is 22.1 Å². The number of fused-ring (bicyclic) bond motifs is 2. The SMILES string of the molecule is CC1([C@H](N)c2nc3ccc(C#Cc4ccc5nc([C@@H](N)C6(C)CC6)[nH]c5c4)cc3[nH]2)CC1. The predicted octanol–water partition coefficient (Wildman–Crippen LogP) is 4.44. The van der Waals surface area contributed by atoms with E-state index in [1.807, 2.05) is 36.4 Å². The topological polar surface area (TPSA) is 109 Å². The fourth-order valence-electron chi connectivity index (χ4n) is 4.33. The van der Waals surface area contributed by atoms with Crippen LogP contribution in [0, 0.1) is 22.7 Å². The van der Waals surface area contributed by atoms with Crippen molar-refractivity contribution in [2.45, 2.75) is 51.6 Å². The molecule has 0 aliphatic heterocycles. The lowest BCUT2D eigenvalue weighted by Crippen LogP contribution is -2.21. The molecule has 2 heterocycles. The maximum Gasteiger partial charge on any atom is 0.124 e. The summed E-state index contributed by atoms with van der Waals surface area (Å²) >= 11 is 0. The number of rotatable bonds is 4. The molecule has 0 saturated heterocycles. The lowest BCUT2D eigenvalue weighted by Gasteiger charge is -2.15. The first kappa shape index (κ1) is 19.5. The van der Waals surface area contributed by atoms with Crippen LogP contribution in [0.3, 0.4) is 0 Å². The van der Waals surface area contributed by atoms with Crippen molar-refractivity contribution in [3.8, 4) is 11.8 Å². The Morgan fingerprint density at radius 3 is 1.53 bits per heavy atom. The van der Waals surface area contributed by atoms with Crippen LogP contribution in [0.1, 0.15) is 74.4 Å². The number of benzene rings is 2. The van der Waals surface area contributed by atoms with Gasteiger partial charge in [-0.3, -0.25) is 0 Å². The van der Waals surface area contributed by atoms with E-state index in [1.165, 1.54) is 0 Å². The van der Waals surface area contributed by atoms with Gasteiger partial charge >= 0.3 is 0 Å². The number of imidazole rings is 2. The van der Waals surface area contributed by atoms with Crippen LogP contribution in [0.15, 0.2) is 36.4 Å². The van der Waals surface area contributed by atoms with E-state index in [9.17, 15) is 0 Å². The summed E-state index contributed by atoms with van der Waals surface area (Å²) < 4.78 is 0. The Hall–Kier alpha value is -3.14. The van der Waals surface area contributed by atoms with Crippen molar-refractivity contribution in [1.82, 2.24) is 19.9 Å². The van der Waals surface area contributed by atoms with E-state index in [4.69, 9.17) is 21.4 Å². The van der Waals surface area contributed by atoms with E-state index >= 15 is 0 Å². The third kappa shape index (κ3) is 3.29. The van der Waals surface area contributed by atoms with Crippen LogP contribution in [-0.2, 0) is 0 Å². The molecule has 0 radical (unpaired) electrons. The van der Waals surface area contributed by atoms with Gasteiger partial charge in [0.05, 0.1) is 34.2 Å². The number of nitrogens with zero attached hydrogens (tertiary/aromatic N) is 2. The second kappa shape index (κ2) is 6.68. The van der Waals surface area contributed by atoms with Gasteiger partial charge in [-0.2, -0.15) is 0 Å². The molecular weight excluding hydrogens is 396 g/mol. The van der Waals surface area contributed by atoms with Crippen molar-refractivity contribution in [3.63, 3.8) is 0 Å². The number of H-pyrrole nitrogens is 2. The first-order chi connectivity index (χ1) is 15.3. The summed E-state index contributed by atoms with van der Waals surface area (Å²) in [5, 5.41) is 0. The number of hydrogen-bond donors (Lipinski definition) is 4. The predicted molar refractivity (Wildman–Crippen MR) is 127 cm³/mol. The lowest BCUT2D eigenvalue weighted by atomic mass is 10.00. The third-order valence-corrected chi connectivity index (χ3v) is 7.52. The van der Waals surface area contributed by atoms with E-state index in [1.54, 1.807) is 0 Å². The molecule has 32 heavy (non-hydrogen) atoms. The number of aromatic nitrogens is 4. The van der Waals surface area contributed by atoms with E-state index < -0.39 is 0 Å². The zero-order valence-corrected chi connectivity index (χ0v) is 18.5. The molecule has 2 fully saturated rings. The largest absolute Gasteiger partial charge is 0.341 e. The molecule has 6 rings (SSSR count). The zero-order chi connectivity index (χ0) is 22.1. The van der Waals surface area contributed by atoms with Crippen LogP contribution >= 0.6 is 0 Å². The van der Waals surface area contributed by atoms with Crippen molar-refractivity contribution in [1.29, 1.82) is 0 Å². The van der Waals surface area contributed by atoms with Gasteiger partial charge in [-0.1, -0.05) is 25.7 Å². The summed E-state index contributed by atoms with van der Waals surface area (Å²) in [6, 6.07) is 12.0. The summed E-state index contributed by atoms with van der Waals surface area (Å²) in [4.78, 5) is 16.2. The Bertz CT molecular complexity index is 1300. The molecule has 2 atom stereocenters. The molecule has 6 nitrogen and oxygen atoms in total. The van der Waals surface area contributed by atoms with Crippen LogP contribution < -0.4 is 11.5 Å². The average molecular weight is 425 g/mol. The first-order valence-electron chi connectivity index (χ1n) is 11.4. The molecule has 0 bridgehead atoms. The van der Waals surface area contributed by atoms with E-state index in [0.29, 0.717) is 0 Å². The fourth-order valence-corrected chi connectivity index (χ4v) is 4.33. The Morgan fingerprint density at radius 1 is 0.750 bits per heavy atom. The molecule has 0 unspecified atom stereocenters. The molecule has 2 saturated carbocycles. The number of aromatic amines is 2. The molecule has 6 heteroatoms. The number of hydrogen-bond acceptors (Lipinski definition) is 4. The second-order valence-electron chi connectivity index (χ2n) is 10.2. The quantitative estimate of drug-likeness (QED) is 0.363. The molecule has 4 aromatic rings. The van der Waals surface area contributed by atoms with Gasteiger partial charge in [0.2, 0.25) is 0 Å². The molecule has 6 N–H and O–H groups in total. The van der Waals surface area contributed by atoms with Crippen molar-refractivity contribution in [3.05, 3.63) is 59.2 Å². The molecule has 162 valence electrons. The normalized spacial score (nSPS) is 20.0. The van der Waals surface area contributed by atoms with Crippen molar-refractivity contribution in [2.24, 2.45) is 22.3 Å². The minimum Gasteiger partial charge on any atom is -0.341 e. The van der Waals surface area contributed by atoms with Gasteiger partial charge in [0.25, 0.3) is 0 Å². The van der Waals surface area contributed by atoms with Gasteiger partial charge in [-0.05, 0) is 72.9 Å². The molecule has 0 amide bonds. The third-order valence-electron chi connectivity index (χ3n) is 7.52. The maximum absolute atomic E-state index is 6.43. The Labute approximate surface area is 187 Å². The highest BCUT2D eigenvalue weighted by atomic mass is 15.0. The Balaban J connectivity index is 1.26. The van der Waals surface area contributed by atoms with Gasteiger partial charge in [-0.25, -0.2) is 9.97 Å². The molecule has 0 spiro atoms. The molecular formula is C26H28N6. The van der Waals surface area contributed by atoms with Crippen molar-refractivity contribution in [2.75, 3.05) is 0 Å². The zero-order valence-electron chi connectivity index (χ0n) is 18.5. The van der Waals surface area contributed by atoms with E-state index in [0.717, 1.165) is 70.5 Å². The average Bonchev–Trinajstić information content (AvgIpc) is 3.62. The van der Waals surface area contributed by atoms with Crippen LogP contribution in [0.5, 0.6) is 0 Å². The fraction of sp³-hybridized carbons (Fsp3) is 0.385. The van der Waals surface area contributed by atoms with E-state index in [-0.39, 0.29) is 22.9 Å². The first-order valence-corrected chi connectivity index (χ1v) is 11.4. The smallest absolute Gasteiger partial charge is 0.124 e. The molecule has 2 aromatic carbocycles. The lowest BCUT2D eigenvalue weighted by molar-refractivity contribution is 0.435. The maximum atomic E-state index is 6.43. The number of nitrogens with two attached hydrogens (primary N) is 2. The van der Waals surface area contributed by atoms with Crippen LogP contribution in [-0.4, -0.2) is 19.9 Å². The molecule has 2 aromatic heterocycles. The van der Waals surface area contributed by atoms with Gasteiger partial charge in [-0.15, -0.1) is 0 Å². The minimum absolute atomic E-state index is 0.0499. The molecule has 2 aliphatic carbocycles. The highest BCUT2D eigenvalue weighted by Crippen LogP contribution is 2.53. The standard InChI is InChI=1S/C26H28N6/c1-25(9-10-25)21(27)23-29-17-7-5-15(13-19(17)31-23)3-4-16-6-8-18-20(14-16)32-24(30-18)22(28)26(2)11-12-26/h5-8,13-14,21-22H,9-12,27-28H2,1-2H3,(H,29,31)(H,30,32)/t21-,22-/m1/s1. The number of nitrogens with one attached hydrogen (secondary N) is 2. The van der Waals surface area contributed by atoms with Crippen molar-refractivity contribution < 1.29 is 0 Å². The van der Waals surface area contributed by atoms with Gasteiger partial charge in [0.1, 0.15) is 11.6 Å². The summed E-state index contributed by atoms with van der Waals surface area (Å²) in [7, 11) is 0. The summed E-state index contributed by atoms with van der Waals surface area (Å²) in [5.74, 6) is 8.28. The second-order valence-corrected chi connectivity index (χ2v) is 10.2. The molecule has 2 aliphatic rings. The summed E-state index contributed by atoms with van der Waals surface area (Å²) in [5.41, 5.74) is 18.9. The summed E-state index contributed by atoms with van der Waals surface area (Å²) in [6.07, 6.45) is 4.65.